The summed E-state index contributed by atoms with van der Waals surface area (Å²) in [6.07, 6.45) is 3.75. The summed E-state index contributed by atoms with van der Waals surface area (Å²) in [5.41, 5.74) is 6.49. The van der Waals surface area contributed by atoms with Crippen LogP contribution in [0.1, 0.15) is 43.0 Å². The zero-order valence-electron chi connectivity index (χ0n) is 14.1. The van der Waals surface area contributed by atoms with Crippen molar-refractivity contribution in [2.24, 2.45) is 5.73 Å². The van der Waals surface area contributed by atoms with Gasteiger partial charge in [0.25, 0.3) is 5.69 Å². The first kappa shape index (κ1) is 17.8. The largest absolute Gasteiger partial charge is 0.337 e. The predicted octanol–water partition coefficient (Wildman–Crippen LogP) is 1.71. The summed E-state index contributed by atoms with van der Waals surface area (Å²) in [5, 5.41) is 19.8. The number of urea groups is 1. The van der Waals surface area contributed by atoms with Crippen molar-refractivity contribution >= 4 is 11.7 Å². The zero-order valence-corrected chi connectivity index (χ0v) is 14.1. The first-order valence-electron chi connectivity index (χ1n) is 8.33. The lowest BCUT2D eigenvalue weighted by Gasteiger charge is -2.17. The number of hydrogen-bond acceptors (Lipinski definition) is 7. The van der Waals surface area contributed by atoms with Gasteiger partial charge in [0.05, 0.1) is 17.0 Å². The molecule has 0 unspecified atom stereocenters. The molecule has 2 aromatic rings. The van der Waals surface area contributed by atoms with E-state index >= 15 is 0 Å². The summed E-state index contributed by atoms with van der Waals surface area (Å²) in [6, 6.07) is 5.54. The third-order valence-electron chi connectivity index (χ3n) is 4.41. The van der Waals surface area contributed by atoms with Gasteiger partial charge in [-0.15, -0.1) is 0 Å². The molecule has 0 aliphatic heterocycles. The monoisotopic (exact) mass is 360 g/mol. The summed E-state index contributed by atoms with van der Waals surface area (Å²) in [6.45, 7) is 0.333. The summed E-state index contributed by atoms with van der Waals surface area (Å²) in [5.74, 6) is 0.778. The molecule has 138 valence electrons. The Kier molecular flexibility index (Phi) is 5.12. The van der Waals surface area contributed by atoms with Gasteiger partial charge in [0.1, 0.15) is 0 Å². The fourth-order valence-electron chi connectivity index (χ4n) is 2.89. The van der Waals surface area contributed by atoms with Crippen LogP contribution in [0.25, 0.3) is 0 Å². The molecule has 0 radical (unpaired) electrons. The molecular weight excluding hydrogens is 340 g/mol. The van der Waals surface area contributed by atoms with Gasteiger partial charge in [-0.2, -0.15) is 4.98 Å². The molecule has 0 spiro atoms. The predicted molar refractivity (Wildman–Crippen MR) is 90.8 cm³/mol. The molecule has 1 fully saturated rings. The Balaban J connectivity index is 1.45. The number of aromatic nitrogens is 2. The number of carbonyl (C=O) groups excluding carboxylic acids is 1. The number of non-ortho nitro benzene ring substituents is 1. The van der Waals surface area contributed by atoms with Crippen molar-refractivity contribution in [1.29, 1.82) is 0 Å². The molecule has 1 saturated carbocycles. The van der Waals surface area contributed by atoms with Crippen molar-refractivity contribution < 1.29 is 14.2 Å². The van der Waals surface area contributed by atoms with Crippen LogP contribution in [0.5, 0.6) is 0 Å². The number of nitro groups is 1. The van der Waals surface area contributed by atoms with Gasteiger partial charge in [-0.1, -0.05) is 30.1 Å². The van der Waals surface area contributed by atoms with Crippen LogP contribution in [-0.4, -0.2) is 21.1 Å². The zero-order chi connectivity index (χ0) is 18.6. The molecular formula is C16H20N6O4. The molecule has 4 N–H and O–H groups in total. The van der Waals surface area contributed by atoms with Crippen molar-refractivity contribution in [3.05, 3.63) is 51.7 Å². The van der Waals surface area contributed by atoms with Crippen LogP contribution in [-0.2, 0) is 18.6 Å². The molecule has 1 aliphatic carbocycles. The Morgan fingerprint density at radius 1 is 1.23 bits per heavy atom. The third-order valence-corrected chi connectivity index (χ3v) is 4.41. The highest BCUT2D eigenvalue weighted by molar-refractivity contribution is 5.73. The molecule has 26 heavy (non-hydrogen) atoms. The molecule has 1 aliphatic rings. The van der Waals surface area contributed by atoms with Crippen molar-refractivity contribution in [1.82, 2.24) is 20.8 Å². The van der Waals surface area contributed by atoms with E-state index in [1.54, 1.807) is 12.1 Å². The van der Waals surface area contributed by atoms with Crippen molar-refractivity contribution in [3.63, 3.8) is 0 Å². The molecule has 0 bridgehead atoms. The van der Waals surface area contributed by atoms with E-state index in [0.717, 1.165) is 31.2 Å². The van der Waals surface area contributed by atoms with Crippen molar-refractivity contribution in [2.45, 2.75) is 44.3 Å². The Hall–Kier alpha value is -3.01. The Labute approximate surface area is 149 Å². The van der Waals surface area contributed by atoms with E-state index in [1.165, 1.54) is 12.1 Å². The third kappa shape index (κ3) is 4.14. The maximum atomic E-state index is 11.8. The van der Waals surface area contributed by atoms with E-state index in [0.29, 0.717) is 11.7 Å². The summed E-state index contributed by atoms with van der Waals surface area (Å²) in [7, 11) is 0. The molecule has 1 aromatic carbocycles. The molecule has 0 atom stereocenters. The van der Waals surface area contributed by atoms with Gasteiger partial charge in [-0.05, 0) is 18.4 Å². The maximum absolute atomic E-state index is 11.8. The second-order valence-electron chi connectivity index (χ2n) is 6.33. The normalized spacial score (nSPS) is 15.6. The minimum Gasteiger partial charge on any atom is -0.337 e. The van der Waals surface area contributed by atoms with Gasteiger partial charge in [0.2, 0.25) is 5.89 Å². The van der Waals surface area contributed by atoms with Gasteiger partial charge in [-0.25, -0.2) is 4.79 Å². The van der Waals surface area contributed by atoms with Crippen LogP contribution in [0.15, 0.2) is 28.8 Å². The topological polar surface area (TPSA) is 149 Å². The Morgan fingerprint density at radius 3 is 2.54 bits per heavy atom. The fraction of sp³-hybridized carbons (Fsp3) is 0.438. The minimum absolute atomic E-state index is 0.00494. The highest BCUT2D eigenvalue weighted by Crippen LogP contribution is 2.34. The van der Waals surface area contributed by atoms with Crippen LogP contribution >= 0.6 is 0 Å². The van der Waals surface area contributed by atoms with Crippen molar-refractivity contribution in [2.75, 3.05) is 0 Å². The quantitative estimate of drug-likeness (QED) is 0.524. The smallest absolute Gasteiger partial charge is 0.315 e. The van der Waals surface area contributed by atoms with E-state index in [9.17, 15) is 14.9 Å². The van der Waals surface area contributed by atoms with E-state index < -0.39 is 16.5 Å². The molecule has 1 aromatic heterocycles. The lowest BCUT2D eigenvalue weighted by molar-refractivity contribution is -0.384. The lowest BCUT2D eigenvalue weighted by atomic mass is 9.99. The number of nitro benzene ring substituents is 1. The number of nitrogens with two attached hydrogens (primary N) is 1. The number of rotatable bonds is 6. The van der Waals surface area contributed by atoms with Crippen LogP contribution in [0.4, 0.5) is 10.5 Å². The number of nitrogens with zero attached hydrogens (tertiary/aromatic N) is 3. The number of carbonyl (C=O) groups is 1. The van der Waals surface area contributed by atoms with Gasteiger partial charge >= 0.3 is 6.03 Å². The van der Waals surface area contributed by atoms with Gasteiger partial charge in [-0.3, -0.25) is 10.1 Å². The minimum atomic E-state index is -0.528. The van der Waals surface area contributed by atoms with E-state index in [2.05, 4.69) is 20.8 Å². The van der Waals surface area contributed by atoms with Crippen LogP contribution < -0.4 is 16.4 Å². The second-order valence-corrected chi connectivity index (χ2v) is 6.33. The fourth-order valence-corrected chi connectivity index (χ4v) is 2.89. The van der Waals surface area contributed by atoms with Gasteiger partial charge < -0.3 is 20.9 Å². The Morgan fingerprint density at radius 2 is 1.88 bits per heavy atom. The number of hydrogen-bond donors (Lipinski definition) is 3. The highest BCUT2D eigenvalue weighted by atomic mass is 16.6. The Bertz CT molecular complexity index is 782. The molecule has 1 heterocycles. The van der Waals surface area contributed by atoms with Gasteiger partial charge in [0.15, 0.2) is 5.82 Å². The van der Waals surface area contributed by atoms with Gasteiger partial charge in [0, 0.05) is 18.7 Å². The summed E-state index contributed by atoms with van der Waals surface area (Å²) in [4.78, 5) is 26.2. The molecule has 10 nitrogen and oxygen atoms in total. The highest BCUT2D eigenvalue weighted by Gasteiger charge is 2.35. The average molecular weight is 360 g/mol. The number of benzene rings is 1. The number of amides is 2. The molecule has 10 heteroatoms. The summed E-state index contributed by atoms with van der Waals surface area (Å²) >= 11 is 0. The number of nitrogens with one attached hydrogen (secondary N) is 2. The molecule has 2 amide bonds. The lowest BCUT2D eigenvalue weighted by Crippen LogP contribution is -2.35. The molecule has 3 rings (SSSR count). The standard InChI is InChI=1S/C16H20N6O4/c17-16(7-1-2-8-16)14-20-13(26-21-14)10-19-15(23)18-9-11-3-5-12(6-4-11)22(24)25/h3-6H,1-2,7-10,17H2,(H2,18,19,23). The average Bonchev–Trinajstić information content (AvgIpc) is 3.28. The summed E-state index contributed by atoms with van der Waals surface area (Å²) < 4.78 is 5.14. The first-order chi connectivity index (χ1) is 12.5. The second kappa shape index (κ2) is 7.48. The van der Waals surface area contributed by atoms with E-state index in [-0.39, 0.29) is 18.8 Å². The van der Waals surface area contributed by atoms with Crippen LogP contribution in [0.2, 0.25) is 0 Å². The van der Waals surface area contributed by atoms with E-state index in [4.69, 9.17) is 10.3 Å². The van der Waals surface area contributed by atoms with E-state index in [1.807, 2.05) is 0 Å². The van der Waals surface area contributed by atoms with Crippen LogP contribution in [0, 0.1) is 10.1 Å². The first-order valence-corrected chi connectivity index (χ1v) is 8.33. The van der Waals surface area contributed by atoms with Crippen LogP contribution in [0.3, 0.4) is 0 Å². The maximum Gasteiger partial charge on any atom is 0.315 e. The van der Waals surface area contributed by atoms with Crippen molar-refractivity contribution in [3.8, 4) is 0 Å². The molecule has 0 saturated heterocycles. The SMILES string of the molecule is NC1(c2noc(CNC(=O)NCc3ccc([N+](=O)[O-])cc3)n2)CCCC1.